The van der Waals surface area contributed by atoms with Crippen molar-refractivity contribution in [1.82, 2.24) is 4.98 Å². The molecule has 3 nitrogen and oxygen atoms in total. The second-order valence-corrected chi connectivity index (χ2v) is 6.21. The average molecular weight is 276 g/mol. The van der Waals surface area contributed by atoms with Crippen molar-refractivity contribution < 1.29 is 8.42 Å². The van der Waals surface area contributed by atoms with Crippen LogP contribution in [0.15, 0.2) is 29.3 Å². The van der Waals surface area contributed by atoms with E-state index in [4.69, 9.17) is 22.3 Å². The summed E-state index contributed by atoms with van der Waals surface area (Å²) in [4.78, 5) is 3.98. The lowest BCUT2D eigenvalue weighted by Gasteiger charge is -2.07. The van der Waals surface area contributed by atoms with Gasteiger partial charge in [-0.3, -0.25) is 0 Å². The fourth-order valence-electron chi connectivity index (χ4n) is 1.62. The highest BCUT2D eigenvalue weighted by atomic mass is 35.7. The van der Waals surface area contributed by atoms with E-state index in [1.54, 1.807) is 25.1 Å². The smallest absolute Gasteiger partial charge is 0.244 e. The van der Waals surface area contributed by atoms with Crippen molar-refractivity contribution in [1.29, 1.82) is 0 Å². The summed E-state index contributed by atoms with van der Waals surface area (Å²) in [5, 5.41) is 1.34. The van der Waals surface area contributed by atoms with Crippen LogP contribution in [0.25, 0.3) is 10.8 Å². The monoisotopic (exact) mass is 275 g/mol. The quantitative estimate of drug-likeness (QED) is 0.594. The molecule has 1 aromatic heterocycles. The molecule has 0 atom stereocenters. The molecule has 0 unspecified atom stereocenters. The van der Waals surface area contributed by atoms with Crippen LogP contribution in [-0.2, 0) is 9.05 Å². The second-order valence-electron chi connectivity index (χ2n) is 3.35. The normalized spacial score (nSPS) is 11.9. The van der Waals surface area contributed by atoms with Crippen LogP contribution in [0.1, 0.15) is 5.56 Å². The highest BCUT2D eigenvalue weighted by molar-refractivity contribution is 8.14. The minimum atomic E-state index is -3.79. The fraction of sp³-hybridized carbons (Fsp3) is 0.100. The van der Waals surface area contributed by atoms with Gasteiger partial charge in [-0.25, -0.2) is 13.4 Å². The molecule has 0 radical (unpaired) electrons. The van der Waals surface area contributed by atoms with Crippen molar-refractivity contribution >= 4 is 42.1 Å². The number of halogens is 2. The van der Waals surface area contributed by atoms with Gasteiger partial charge in [0.25, 0.3) is 9.05 Å². The molecule has 0 saturated carbocycles. The fourth-order valence-corrected chi connectivity index (χ4v) is 3.35. The van der Waals surface area contributed by atoms with E-state index in [1.165, 1.54) is 6.20 Å². The number of benzene rings is 1. The van der Waals surface area contributed by atoms with Crippen molar-refractivity contribution in [3.05, 3.63) is 35.1 Å². The first-order chi connectivity index (χ1) is 7.41. The number of rotatable bonds is 1. The number of hydrogen-bond acceptors (Lipinski definition) is 3. The minimum Gasteiger partial charge on any atom is -0.244 e. The molecule has 84 valence electrons. The Morgan fingerprint density at radius 2 is 1.88 bits per heavy atom. The van der Waals surface area contributed by atoms with Gasteiger partial charge < -0.3 is 0 Å². The van der Waals surface area contributed by atoms with Gasteiger partial charge in [0, 0.05) is 27.7 Å². The van der Waals surface area contributed by atoms with Gasteiger partial charge in [-0.05, 0) is 18.6 Å². The second kappa shape index (κ2) is 3.87. The maximum Gasteiger partial charge on any atom is 0.262 e. The van der Waals surface area contributed by atoms with E-state index in [9.17, 15) is 8.42 Å². The Balaban J connectivity index is 3.03. The van der Waals surface area contributed by atoms with Gasteiger partial charge >= 0.3 is 0 Å². The zero-order valence-electron chi connectivity index (χ0n) is 8.24. The molecule has 0 aliphatic rings. The van der Waals surface area contributed by atoms with Crippen LogP contribution < -0.4 is 0 Å². The first-order valence-corrected chi connectivity index (χ1v) is 7.08. The van der Waals surface area contributed by atoms with Crippen molar-refractivity contribution in [3.8, 4) is 0 Å². The van der Waals surface area contributed by atoms with E-state index >= 15 is 0 Å². The summed E-state index contributed by atoms with van der Waals surface area (Å²) < 4.78 is 23.0. The molecule has 0 spiro atoms. The molecular formula is C10H7Cl2NO2S. The Labute approximate surface area is 102 Å². The molecule has 1 heterocycles. The maximum absolute atomic E-state index is 11.5. The summed E-state index contributed by atoms with van der Waals surface area (Å²) in [5.41, 5.74) is 0.588. The number of aryl methyl sites for hydroxylation is 1. The molecule has 2 rings (SSSR count). The molecule has 2 aromatic rings. The first kappa shape index (κ1) is 11.6. The SMILES string of the molecule is Cc1ccc2c(Cl)nccc2c1S(=O)(=O)Cl. The highest BCUT2D eigenvalue weighted by Gasteiger charge is 2.18. The molecule has 0 aliphatic heterocycles. The lowest BCUT2D eigenvalue weighted by atomic mass is 10.1. The molecule has 16 heavy (non-hydrogen) atoms. The highest BCUT2D eigenvalue weighted by Crippen LogP contribution is 2.31. The summed E-state index contributed by atoms with van der Waals surface area (Å²) >= 11 is 5.88. The molecule has 0 fully saturated rings. The van der Waals surface area contributed by atoms with Crippen LogP contribution in [0.5, 0.6) is 0 Å². The summed E-state index contributed by atoms with van der Waals surface area (Å²) in [6.07, 6.45) is 1.45. The van der Waals surface area contributed by atoms with Gasteiger partial charge in [-0.1, -0.05) is 23.7 Å². The third kappa shape index (κ3) is 1.88. The Morgan fingerprint density at radius 1 is 1.19 bits per heavy atom. The maximum atomic E-state index is 11.5. The predicted molar refractivity (Wildman–Crippen MR) is 64.5 cm³/mol. The van der Waals surface area contributed by atoms with Crippen molar-refractivity contribution in [2.24, 2.45) is 0 Å². The molecule has 0 aliphatic carbocycles. The van der Waals surface area contributed by atoms with Crippen molar-refractivity contribution in [3.63, 3.8) is 0 Å². The standard InChI is InChI=1S/C10H7Cl2NO2S/c1-6-2-3-8-7(4-5-13-10(8)11)9(6)16(12,14)15/h2-5H,1H3. The average Bonchev–Trinajstić information content (AvgIpc) is 2.15. The Hall–Kier alpha value is -0.840. The lowest BCUT2D eigenvalue weighted by molar-refractivity contribution is 0.610. The van der Waals surface area contributed by atoms with Crippen molar-refractivity contribution in [2.75, 3.05) is 0 Å². The van der Waals surface area contributed by atoms with E-state index < -0.39 is 9.05 Å². The van der Waals surface area contributed by atoms with Crippen LogP contribution in [0.4, 0.5) is 0 Å². The van der Waals surface area contributed by atoms with Gasteiger partial charge in [-0.2, -0.15) is 0 Å². The molecule has 0 amide bonds. The Morgan fingerprint density at radius 3 is 2.50 bits per heavy atom. The van der Waals surface area contributed by atoms with Crippen molar-refractivity contribution in [2.45, 2.75) is 11.8 Å². The van der Waals surface area contributed by atoms with Gasteiger partial charge in [0.15, 0.2) is 0 Å². The zero-order chi connectivity index (χ0) is 11.9. The van der Waals surface area contributed by atoms with Crippen LogP contribution in [0.2, 0.25) is 5.15 Å². The van der Waals surface area contributed by atoms with Gasteiger partial charge in [0.1, 0.15) is 5.15 Å². The van der Waals surface area contributed by atoms with Gasteiger partial charge in [0.2, 0.25) is 0 Å². The number of nitrogens with zero attached hydrogens (tertiary/aromatic N) is 1. The van der Waals surface area contributed by atoms with Crippen LogP contribution >= 0.6 is 22.3 Å². The molecule has 1 aromatic carbocycles. The van der Waals surface area contributed by atoms with Crippen LogP contribution in [0, 0.1) is 6.92 Å². The third-order valence-electron chi connectivity index (χ3n) is 2.29. The van der Waals surface area contributed by atoms with E-state index in [1.807, 2.05) is 0 Å². The van der Waals surface area contributed by atoms with Crippen LogP contribution in [-0.4, -0.2) is 13.4 Å². The largest absolute Gasteiger partial charge is 0.262 e. The van der Waals surface area contributed by atoms with Gasteiger partial charge in [0.05, 0.1) is 4.90 Å². The Bertz CT molecular complexity index is 668. The predicted octanol–water partition coefficient (Wildman–Crippen LogP) is 3.12. The summed E-state index contributed by atoms with van der Waals surface area (Å²) in [5.74, 6) is 0. The van der Waals surface area contributed by atoms with E-state index in [0.29, 0.717) is 16.3 Å². The number of fused-ring (bicyclic) bond motifs is 1. The zero-order valence-corrected chi connectivity index (χ0v) is 10.6. The van der Waals surface area contributed by atoms with Gasteiger partial charge in [-0.15, -0.1) is 0 Å². The number of hydrogen-bond donors (Lipinski definition) is 0. The lowest BCUT2D eigenvalue weighted by Crippen LogP contribution is -1.96. The third-order valence-corrected chi connectivity index (χ3v) is 4.08. The summed E-state index contributed by atoms with van der Waals surface area (Å²) in [7, 11) is 1.61. The van der Waals surface area contributed by atoms with E-state index in [-0.39, 0.29) is 10.0 Å². The molecule has 0 saturated heterocycles. The topological polar surface area (TPSA) is 47.0 Å². The molecule has 0 N–H and O–H groups in total. The number of pyridine rings is 1. The molecular weight excluding hydrogens is 269 g/mol. The molecule has 0 bridgehead atoms. The minimum absolute atomic E-state index is 0.0935. The van der Waals surface area contributed by atoms with Crippen LogP contribution in [0.3, 0.4) is 0 Å². The van der Waals surface area contributed by atoms with E-state index in [2.05, 4.69) is 4.98 Å². The van der Waals surface area contributed by atoms with E-state index in [0.717, 1.165) is 0 Å². The first-order valence-electron chi connectivity index (χ1n) is 4.40. The number of aromatic nitrogens is 1. The Kier molecular flexibility index (Phi) is 2.82. The molecule has 6 heteroatoms. The summed E-state index contributed by atoms with van der Waals surface area (Å²) in [6.45, 7) is 1.68. The summed E-state index contributed by atoms with van der Waals surface area (Å²) in [6, 6.07) is 4.97.